The van der Waals surface area contributed by atoms with Gasteiger partial charge in [0.25, 0.3) is 5.91 Å². The Hall–Kier alpha value is -2.14. The van der Waals surface area contributed by atoms with Crippen LogP contribution in [0, 0.1) is 34.5 Å². The highest BCUT2D eigenvalue weighted by atomic mass is 16.5. The van der Waals surface area contributed by atoms with Gasteiger partial charge in [-0.05, 0) is 56.3 Å². The quantitative estimate of drug-likeness (QED) is 0.648. The van der Waals surface area contributed by atoms with Crippen LogP contribution in [0.25, 0.3) is 0 Å². The minimum Gasteiger partial charge on any atom is -0.454 e. The second kappa shape index (κ2) is 8.18. The summed E-state index contributed by atoms with van der Waals surface area (Å²) in [6.07, 6.45) is 5.96. The van der Waals surface area contributed by atoms with Crippen LogP contribution in [0.3, 0.4) is 0 Å². The van der Waals surface area contributed by atoms with Crippen LogP contribution in [0.1, 0.15) is 51.4 Å². The molecule has 4 bridgehead atoms. The van der Waals surface area contributed by atoms with E-state index in [-0.39, 0.29) is 37.3 Å². The molecule has 2 atom stereocenters. The number of ether oxygens (including phenoxy) is 1. The van der Waals surface area contributed by atoms with Crippen LogP contribution in [-0.4, -0.2) is 71.6 Å². The number of β-amino-alcohol motifs (C(OH)–C–C–N with tert-alkyl or cyclic N) is 1. The van der Waals surface area contributed by atoms with Crippen molar-refractivity contribution in [3.05, 3.63) is 0 Å². The molecule has 1 N–H and O–H groups in total. The molecule has 1 saturated heterocycles. The maximum absolute atomic E-state index is 13.6. The Balaban J connectivity index is 1.40. The molecule has 5 rings (SSSR count). The molecule has 8 nitrogen and oxygen atoms in total. The first-order valence-electron chi connectivity index (χ1n) is 11.1. The summed E-state index contributed by atoms with van der Waals surface area (Å²) in [5.41, 5.74) is -0.384. The van der Waals surface area contributed by atoms with Crippen LogP contribution < -0.4 is 0 Å². The molecule has 0 aromatic heterocycles. The zero-order valence-electron chi connectivity index (χ0n) is 17.6. The number of esters is 1. The van der Waals surface area contributed by atoms with Gasteiger partial charge in [0.15, 0.2) is 6.61 Å². The average molecular weight is 418 g/mol. The van der Waals surface area contributed by atoms with Crippen molar-refractivity contribution in [2.75, 3.05) is 26.7 Å². The Labute approximate surface area is 177 Å². The third-order valence-electron chi connectivity index (χ3n) is 7.63. The molecule has 8 heteroatoms. The van der Waals surface area contributed by atoms with E-state index in [0.29, 0.717) is 17.8 Å². The molecule has 0 aromatic carbocycles. The third kappa shape index (κ3) is 3.92. The average Bonchev–Trinajstić information content (AvgIpc) is 3.09. The van der Waals surface area contributed by atoms with Crippen LogP contribution >= 0.6 is 0 Å². The summed E-state index contributed by atoms with van der Waals surface area (Å²) in [6, 6.07) is 1.13. The number of carbonyl (C=O) groups is 3. The summed E-state index contributed by atoms with van der Waals surface area (Å²) in [5.74, 6) is 0.805. The number of likely N-dealkylation sites (tertiary alicyclic amines) is 1. The second-order valence-corrected chi connectivity index (χ2v) is 9.89. The predicted molar refractivity (Wildman–Crippen MR) is 106 cm³/mol. The molecule has 1 aliphatic heterocycles. The number of nitriles is 1. The van der Waals surface area contributed by atoms with E-state index in [0.717, 1.165) is 19.3 Å². The molecule has 0 radical (unpaired) electrons. The van der Waals surface area contributed by atoms with Gasteiger partial charge in [-0.15, -0.1) is 0 Å². The Morgan fingerprint density at radius 2 is 1.73 bits per heavy atom. The van der Waals surface area contributed by atoms with E-state index in [4.69, 9.17) is 10.00 Å². The van der Waals surface area contributed by atoms with Crippen molar-refractivity contribution in [2.24, 2.45) is 23.2 Å². The van der Waals surface area contributed by atoms with Crippen molar-refractivity contribution in [1.82, 2.24) is 9.80 Å². The summed E-state index contributed by atoms with van der Waals surface area (Å²) in [4.78, 5) is 41.3. The molecule has 2 amide bonds. The molecule has 164 valence electrons. The van der Waals surface area contributed by atoms with Crippen LogP contribution in [0.2, 0.25) is 0 Å². The third-order valence-corrected chi connectivity index (χ3v) is 7.63. The van der Waals surface area contributed by atoms with Crippen molar-refractivity contribution in [1.29, 1.82) is 5.26 Å². The van der Waals surface area contributed by atoms with Gasteiger partial charge >= 0.3 is 5.97 Å². The van der Waals surface area contributed by atoms with Gasteiger partial charge in [0.05, 0.1) is 24.0 Å². The van der Waals surface area contributed by atoms with Crippen molar-refractivity contribution in [3.63, 3.8) is 0 Å². The summed E-state index contributed by atoms with van der Waals surface area (Å²) < 4.78 is 5.22. The van der Waals surface area contributed by atoms with Crippen molar-refractivity contribution >= 4 is 17.8 Å². The van der Waals surface area contributed by atoms with Crippen LogP contribution in [0.4, 0.5) is 0 Å². The highest BCUT2D eigenvalue weighted by Gasteiger charge is 2.57. The lowest BCUT2D eigenvalue weighted by Crippen LogP contribution is -2.56. The van der Waals surface area contributed by atoms with Gasteiger partial charge in [-0.1, -0.05) is 0 Å². The van der Waals surface area contributed by atoms with E-state index in [1.165, 1.54) is 29.1 Å². The van der Waals surface area contributed by atoms with Crippen molar-refractivity contribution in [2.45, 2.75) is 63.5 Å². The number of carbonyl (C=O) groups excluding carboxylic acids is 3. The molecule has 0 aromatic rings. The van der Waals surface area contributed by atoms with E-state index >= 15 is 0 Å². The predicted octanol–water partition coefficient (Wildman–Crippen LogP) is 1.08. The lowest BCUT2D eigenvalue weighted by atomic mass is 9.49. The maximum atomic E-state index is 13.6. The van der Waals surface area contributed by atoms with Gasteiger partial charge in [0.2, 0.25) is 5.91 Å². The topological polar surface area (TPSA) is 111 Å². The van der Waals surface area contributed by atoms with E-state index in [2.05, 4.69) is 0 Å². The minimum absolute atomic E-state index is 0.00225. The highest BCUT2D eigenvalue weighted by molar-refractivity contribution is 5.90. The van der Waals surface area contributed by atoms with Gasteiger partial charge in [0, 0.05) is 26.6 Å². The van der Waals surface area contributed by atoms with Crippen molar-refractivity contribution in [3.8, 4) is 6.07 Å². The highest BCUT2D eigenvalue weighted by Crippen LogP contribution is 2.60. The van der Waals surface area contributed by atoms with E-state index in [9.17, 15) is 19.5 Å². The molecular weight excluding hydrogens is 386 g/mol. The second-order valence-electron chi connectivity index (χ2n) is 9.89. The van der Waals surface area contributed by atoms with Gasteiger partial charge in [-0.2, -0.15) is 5.26 Å². The lowest BCUT2D eigenvalue weighted by Gasteiger charge is -2.56. The normalized spacial score (nSPS) is 36.4. The number of hydrogen-bond donors (Lipinski definition) is 1. The Morgan fingerprint density at radius 3 is 2.30 bits per heavy atom. The maximum Gasteiger partial charge on any atom is 0.329 e. The van der Waals surface area contributed by atoms with Crippen molar-refractivity contribution < 1.29 is 24.2 Å². The summed E-state index contributed by atoms with van der Waals surface area (Å²) >= 11 is 0. The number of rotatable bonds is 6. The van der Waals surface area contributed by atoms with E-state index < -0.39 is 30.6 Å². The zero-order chi connectivity index (χ0) is 21.5. The summed E-state index contributed by atoms with van der Waals surface area (Å²) in [7, 11) is 1.55. The van der Waals surface area contributed by atoms with E-state index in [1.54, 1.807) is 7.05 Å². The Morgan fingerprint density at radius 1 is 1.13 bits per heavy atom. The van der Waals surface area contributed by atoms with Gasteiger partial charge in [-0.25, -0.2) is 4.79 Å². The Bertz CT molecular complexity index is 725. The largest absolute Gasteiger partial charge is 0.454 e. The fourth-order valence-corrected chi connectivity index (χ4v) is 6.62. The minimum atomic E-state index is -0.835. The first-order valence-corrected chi connectivity index (χ1v) is 11.1. The lowest BCUT2D eigenvalue weighted by molar-refractivity contribution is -0.166. The molecule has 4 saturated carbocycles. The van der Waals surface area contributed by atoms with Crippen LogP contribution in [0.15, 0.2) is 0 Å². The zero-order valence-corrected chi connectivity index (χ0v) is 17.6. The molecular formula is C22H31N3O5. The standard InChI is InChI=1S/C22H31N3O5/c1-24(4-2-3-23)19(27)13-30-20(28)18-8-17(26)12-25(18)21(29)22-9-14-5-15(10-22)7-16(6-14)11-22/h14-18,26H,2,4-13H2,1H3/t14?,15?,16?,17?,18-,22?/m0/s1. The number of nitrogens with zero attached hydrogens (tertiary/aromatic N) is 3. The van der Waals surface area contributed by atoms with Crippen LogP contribution in [0.5, 0.6) is 0 Å². The van der Waals surface area contributed by atoms with Gasteiger partial charge < -0.3 is 19.6 Å². The van der Waals surface area contributed by atoms with Gasteiger partial charge in [0.1, 0.15) is 6.04 Å². The molecule has 4 aliphatic carbocycles. The SMILES string of the molecule is CN(CCC#N)C(=O)COC(=O)[C@@H]1CC(O)CN1C(=O)C12CC3CC(CC(C3)C1)C2. The number of aliphatic hydroxyl groups excluding tert-OH is 1. The van der Waals surface area contributed by atoms with Crippen LogP contribution in [-0.2, 0) is 19.1 Å². The summed E-state index contributed by atoms with van der Waals surface area (Å²) in [5, 5.41) is 18.8. The molecule has 30 heavy (non-hydrogen) atoms. The molecule has 5 fully saturated rings. The van der Waals surface area contributed by atoms with E-state index in [1.807, 2.05) is 6.07 Å². The number of aliphatic hydroxyl groups is 1. The Kier molecular flexibility index (Phi) is 5.75. The monoisotopic (exact) mass is 417 g/mol. The smallest absolute Gasteiger partial charge is 0.329 e. The number of hydrogen-bond acceptors (Lipinski definition) is 6. The fourth-order valence-electron chi connectivity index (χ4n) is 6.62. The first-order chi connectivity index (χ1) is 14.3. The summed E-state index contributed by atoms with van der Waals surface area (Å²) in [6.45, 7) is -0.00518. The van der Waals surface area contributed by atoms with Gasteiger partial charge in [-0.3, -0.25) is 9.59 Å². The molecule has 5 aliphatic rings. The molecule has 0 spiro atoms. The fraction of sp³-hybridized carbons (Fsp3) is 0.818. The first kappa shape index (κ1) is 21.1. The molecule has 1 unspecified atom stereocenters. The number of likely N-dealkylation sites (N-methyl/N-ethyl adjacent to an activating group) is 1. The number of amides is 2. The molecule has 1 heterocycles.